The van der Waals surface area contributed by atoms with Crippen LogP contribution in [0.25, 0.3) is 10.6 Å². The van der Waals surface area contributed by atoms with E-state index in [1.165, 1.54) is 23.5 Å². The Morgan fingerprint density at radius 2 is 2.04 bits per heavy atom. The molecule has 1 aromatic heterocycles. The SMILES string of the molecule is Cc1nc(-c2ccc(F)cc2)sc1C(=O)NC1CCN(C(C)C)C1=O. The summed E-state index contributed by atoms with van der Waals surface area (Å²) < 4.78 is 13.1. The van der Waals surface area contributed by atoms with Gasteiger partial charge in [0.05, 0.1) is 5.69 Å². The number of thiazole rings is 1. The fourth-order valence-corrected chi connectivity index (χ4v) is 3.87. The van der Waals surface area contributed by atoms with E-state index in [4.69, 9.17) is 0 Å². The number of amides is 2. The van der Waals surface area contributed by atoms with Crippen LogP contribution in [-0.2, 0) is 4.79 Å². The summed E-state index contributed by atoms with van der Waals surface area (Å²) in [6.07, 6.45) is 0.616. The highest BCUT2D eigenvalue weighted by Gasteiger charge is 2.34. The van der Waals surface area contributed by atoms with Gasteiger partial charge in [-0.3, -0.25) is 9.59 Å². The van der Waals surface area contributed by atoms with Crippen molar-refractivity contribution in [1.82, 2.24) is 15.2 Å². The number of hydrogen-bond acceptors (Lipinski definition) is 4. The number of hydrogen-bond donors (Lipinski definition) is 1. The van der Waals surface area contributed by atoms with Crippen LogP contribution in [0.4, 0.5) is 4.39 Å². The molecule has 2 aromatic rings. The second kappa shape index (κ2) is 6.92. The Kier molecular flexibility index (Phi) is 4.85. The van der Waals surface area contributed by atoms with Gasteiger partial charge in [-0.2, -0.15) is 0 Å². The molecule has 1 N–H and O–H groups in total. The average molecular weight is 361 g/mol. The van der Waals surface area contributed by atoms with Crippen LogP contribution in [0.5, 0.6) is 0 Å². The minimum Gasteiger partial charge on any atom is -0.339 e. The fraction of sp³-hybridized carbons (Fsp3) is 0.389. The van der Waals surface area contributed by atoms with Gasteiger partial charge < -0.3 is 10.2 Å². The summed E-state index contributed by atoms with van der Waals surface area (Å²) in [6, 6.07) is 5.65. The maximum absolute atomic E-state index is 13.1. The molecule has 1 fully saturated rings. The summed E-state index contributed by atoms with van der Waals surface area (Å²) >= 11 is 1.25. The molecule has 1 unspecified atom stereocenters. The van der Waals surface area contributed by atoms with Crippen molar-refractivity contribution in [2.45, 2.75) is 39.3 Å². The first-order valence-corrected chi connectivity index (χ1v) is 9.03. The van der Waals surface area contributed by atoms with E-state index in [0.29, 0.717) is 28.5 Å². The second-order valence-corrected chi connectivity index (χ2v) is 7.38. The second-order valence-electron chi connectivity index (χ2n) is 6.38. The highest BCUT2D eigenvalue weighted by atomic mass is 32.1. The van der Waals surface area contributed by atoms with Crippen molar-refractivity contribution in [3.05, 3.63) is 40.7 Å². The lowest BCUT2D eigenvalue weighted by Crippen LogP contribution is -2.43. The highest BCUT2D eigenvalue weighted by Crippen LogP contribution is 2.28. The Hall–Kier alpha value is -2.28. The maximum Gasteiger partial charge on any atom is 0.263 e. The first-order valence-electron chi connectivity index (χ1n) is 8.21. The largest absolute Gasteiger partial charge is 0.339 e. The molecule has 132 valence electrons. The number of carbonyl (C=O) groups is 2. The third-order valence-electron chi connectivity index (χ3n) is 4.26. The van der Waals surface area contributed by atoms with Gasteiger partial charge in [-0.1, -0.05) is 0 Å². The van der Waals surface area contributed by atoms with E-state index >= 15 is 0 Å². The summed E-state index contributed by atoms with van der Waals surface area (Å²) in [7, 11) is 0. The number of nitrogens with zero attached hydrogens (tertiary/aromatic N) is 2. The Morgan fingerprint density at radius 3 is 2.64 bits per heavy atom. The van der Waals surface area contributed by atoms with E-state index in [1.807, 2.05) is 13.8 Å². The van der Waals surface area contributed by atoms with Crippen LogP contribution in [0, 0.1) is 12.7 Å². The van der Waals surface area contributed by atoms with Gasteiger partial charge in [-0.25, -0.2) is 9.37 Å². The quantitative estimate of drug-likeness (QED) is 0.911. The smallest absolute Gasteiger partial charge is 0.263 e. The van der Waals surface area contributed by atoms with Gasteiger partial charge in [-0.05, 0) is 51.5 Å². The third-order valence-corrected chi connectivity index (χ3v) is 5.47. The molecule has 5 nitrogen and oxygen atoms in total. The van der Waals surface area contributed by atoms with Crippen molar-refractivity contribution in [3.8, 4) is 10.6 Å². The molecule has 1 aliphatic rings. The number of nitrogens with one attached hydrogen (secondary N) is 1. The maximum atomic E-state index is 13.1. The average Bonchev–Trinajstić information content (AvgIpc) is 3.12. The Bertz CT molecular complexity index is 801. The summed E-state index contributed by atoms with van der Waals surface area (Å²) in [4.78, 5) is 31.6. The van der Waals surface area contributed by atoms with Gasteiger partial charge in [0.2, 0.25) is 5.91 Å². The molecule has 0 saturated carbocycles. The lowest BCUT2D eigenvalue weighted by molar-refractivity contribution is -0.130. The number of carbonyl (C=O) groups excluding carboxylic acids is 2. The molecule has 7 heteroatoms. The van der Waals surface area contributed by atoms with E-state index in [2.05, 4.69) is 10.3 Å². The van der Waals surface area contributed by atoms with Gasteiger partial charge in [0.1, 0.15) is 21.7 Å². The van der Waals surface area contributed by atoms with Crippen molar-refractivity contribution >= 4 is 23.2 Å². The Morgan fingerprint density at radius 1 is 1.36 bits per heavy atom. The van der Waals surface area contributed by atoms with Crippen LogP contribution < -0.4 is 5.32 Å². The predicted octanol–water partition coefficient (Wildman–Crippen LogP) is 3.00. The van der Waals surface area contributed by atoms with Crippen LogP contribution in [0.1, 0.15) is 35.6 Å². The van der Waals surface area contributed by atoms with E-state index in [9.17, 15) is 14.0 Å². The number of halogens is 1. The molecule has 1 saturated heterocycles. The van der Waals surface area contributed by atoms with Crippen LogP contribution >= 0.6 is 11.3 Å². The van der Waals surface area contributed by atoms with Crippen LogP contribution in [-0.4, -0.2) is 40.3 Å². The van der Waals surface area contributed by atoms with Crippen LogP contribution in [0.2, 0.25) is 0 Å². The lowest BCUT2D eigenvalue weighted by Gasteiger charge is -2.21. The van der Waals surface area contributed by atoms with E-state index in [1.54, 1.807) is 24.0 Å². The molecular weight excluding hydrogens is 341 g/mol. The minimum absolute atomic E-state index is 0.0377. The van der Waals surface area contributed by atoms with E-state index in [0.717, 1.165) is 5.56 Å². The molecule has 2 amide bonds. The van der Waals surface area contributed by atoms with Gasteiger partial charge in [0, 0.05) is 18.2 Å². The third kappa shape index (κ3) is 3.56. The topological polar surface area (TPSA) is 62.3 Å². The number of likely N-dealkylation sites (tertiary alicyclic amines) is 1. The van der Waals surface area contributed by atoms with Crippen LogP contribution in [0.3, 0.4) is 0 Å². The zero-order chi connectivity index (χ0) is 18.1. The molecule has 0 spiro atoms. The van der Waals surface area contributed by atoms with Crippen molar-refractivity contribution in [2.24, 2.45) is 0 Å². The standard InChI is InChI=1S/C18H20FN3O2S/c1-10(2)22-9-8-14(18(22)24)21-16(23)15-11(3)20-17(25-15)12-4-6-13(19)7-5-12/h4-7,10,14H,8-9H2,1-3H3,(H,21,23). The van der Waals surface area contributed by atoms with Crippen LogP contribution in [0.15, 0.2) is 24.3 Å². The summed E-state index contributed by atoms with van der Waals surface area (Å²) in [5.41, 5.74) is 1.37. The summed E-state index contributed by atoms with van der Waals surface area (Å²) in [5.74, 6) is -0.638. The normalized spacial score (nSPS) is 17.4. The minimum atomic E-state index is -0.481. The van der Waals surface area contributed by atoms with E-state index < -0.39 is 6.04 Å². The molecule has 1 atom stereocenters. The van der Waals surface area contributed by atoms with Gasteiger partial charge in [0.15, 0.2) is 0 Å². The van der Waals surface area contributed by atoms with Crippen molar-refractivity contribution in [2.75, 3.05) is 6.54 Å². The zero-order valence-electron chi connectivity index (χ0n) is 14.4. The number of rotatable bonds is 4. The molecule has 1 aromatic carbocycles. The highest BCUT2D eigenvalue weighted by molar-refractivity contribution is 7.17. The lowest BCUT2D eigenvalue weighted by atomic mass is 10.2. The molecule has 0 aliphatic carbocycles. The first-order chi connectivity index (χ1) is 11.9. The molecule has 2 heterocycles. The van der Waals surface area contributed by atoms with Crippen molar-refractivity contribution in [3.63, 3.8) is 0 Å². The molecule has 3 rings (SSSR count). The number of aromatic nitrogens is 1. The summed E-state index contributed by atoms with van der Waals surface area (Å²) in [6.45, 7) is 6.34. The molecule has 0 radical (unpaired) electrons. The zero-order valence-corrected chi connectivity index (χ0v) is 15.2. The van der Waals surface area contributed by atoms with Gasteiger partial charge in [-0.15, -0.1) is 11.3 Å². The Labute approximate surface area is 149 Å². The molecule has 0 bridgehead atoms. The molecular formula is C18H20FN3O2S. The number of aryl methyl sites for hydroxylation is 1. The molecule has 1 aliphatic heterocycles. The van der Waals surface area contributed by atoms with Crippen molar-refractivity contribution < 1.29 is 14.0 Å². The van der Waals surface area contributed by atoms with E-state index in [-0.39, 0.29) is 23.7 Å². The monoisotopic (exact) mass is 361 g/mol. The van der Waals surface area contributed by atoms with Gasteiger partial charge in [0.25, 0.3) is 5.91 Å². The first kappa shape index (κ1) is 17.5. The molecule has 25 heavy (non-hydrogen) atoms. The summed E-state index contributed by atoms with van der Waals surface area (Å²) in [5, 5.41) is 3.48. The Balaban J connectivity index is 1.75. The fourth-order valence-electron chi connectivity index (χ4n) is 2.90. The number of benzene rings is 1. The van der Waals surface area contributed by atoms with Crippen molar-refractivity contribution in [1.29, 1.82) is 0 Å². The predicted molar refractivity (Wildman–Crippen MR) is 95.0 cm³/mol. The van der Waals surface area contributed by atoms with Gasteiger partial charge >= 0.3 is 0 Å².